The molecule has 0 spiro atoms. The standard InChI is InChI=1S/C24H27N5/c1-2-7-20-17-22(16-19(20)6-1)27-18-21-8-5-11-26-24(21)29-14-12-28(13-15-29)23-9-3-4-10-25-23/h1-11,22,27H,12-18H2. The lowest BCUT2D eigenvalue weighted by Gasteiger charge is -2.36. The summed E-state index contributed by atoms with van der Waals surface area (Å²) in [4.78, 5) is 14.0. The lowest BCUT2D eigenvalue weighted by Crippen LogP contribution is -2.47. The van der Waals surface area contributed by atoms with Gasteiger partial charge in [-0.15, -0.1) is 0 Å². The van der Waals surface area contributed by atoms with Crippen molar-refractivity contribution >= 4 is 11.6 Å². The summed E-state index contributed by atoms with van der Waals surface area (Å²) in [6, 6.07) is 19.7. The maximum atomic E-state index is 4.74. The van der Waals surface area contributed by atoms with Gasteiger partial charge in [-0.2, -0.15) is 0 Å². The number of benzene rings is 1. The number of anilines is 2. The van der Waals surface area contributed by atoms with Gasteiger partial charge in [0.2, 0.25) is 0 Å². The minimum atomic E-state index is 0.515. The monoisotopic (exact) mass is 385 g/mol. The highest BCUT2D eigenvalue weighted by Gasteiger charge is 2.23. The number of hydrogen-bond acceptors (Lipinski definition) is 5. The van der Waals surface area contributed by atoms with Crippen LogP contribution in [0.25, 0.3) is 0 Å². The second kappa shape index (κ2) is 8.21. The molecule has 0 unspecified atom stereocenters. The van der Waals surface area contributed by atoms with Gasteiger partial charge in [0.1, 0.15) is 11.6 Å². The van der Waals surface area contributed by atoms with Gasteiger partial charge in [0, 0.05) is 56.7 Å². The van der Waals surface area contributed by atoms with Gasteiger partial charge >= 0.3 is 0 Å². The molecule has 29 heavy (non-hydrogen) atoms. The fourth-order valence-electron chi connectivity index (χ4n) is 4.50. The molecule has 1 aliphatic heterocycles. The maximum absolute atomic E-state index is 4.74. The lowest BCUT2D eigenvalue weighted by atomic mass is 10.1. The third-order valence-electron chi connectivity index (χ3n) is 6.05. The predicted octanol–water partition coefficient (Wildman–Crippen LogP) is 3.06. The largest absolute Gasteiger partial charge is 0.353 e. The summed E-state index contributed by atoms with van der Waals surface area (Å²) in [6.07, 6.45) is 6.02. The fourth-order valence-corrected chi connectivity index (χ4v) is 4.50. The number of piperazine rings is 1. The molecule has 2 aliphatic rings. The molecule has 148 valence electrons. The topological polar surface area (TPSA) is 44.3 Å². The van der Waals surface area contributed by atoms with E-state index in [1.54, 1.807) is 0 Å². The Labute approximate surface area is 172 Å². The van der Waals surface area contributed by atoms with Gasteiger partial charge in [-0.1, -0.05) is 36.4 Å². The number of aromatic nitrogens is 2. The number of fused-ring (bicyclic) bond motifs is 1. The van der Waals surface area contributed by atoms with Crippen LogP contribution in [0.3, 0.4) is 0 Å². The second-order valence-corrected chi connectivity index (χ2v) is 7.90. The fraction of sp³-hybridized carbons (Fsp3) is 0.333. The van der Waals surface area contributed by atoms with Crippen LogP contribution in [-0.4, -0.2) is 42.2 Å². The minimum absolute atomic E-state index is 0.515. The summed E-state index contributed by atoms with van der Waals surface area (Å²) in [5.41, 5.74) is 4.26. The van der Waals surface area contributed by atoms with E-state index in [2.05, 4.69) is 62.6 Å². The number of nitrogens with one attached hydrogen (secondary N) is 1. The molecule has 0 radical (unpaired) electrons. The average molecular weight is 386 g/mol. The van der Waals surface area contributed by atoms with Crippen molar-refractivity contribution in [2.24, 2.45) is 0 Å². The summed E-state index contributed by atoms with van der Waals surface area (Å²) in [5, 5.41) is 3.77. The van der Waals surface area contributed by atoms with E-state index >= 15 is 0 Å². The Morgan fingerprint density at radius 1 is 0.759 bits per heavy atom. The first-order chi connectivity index (χ1) is 14.4. The van der Waals surface area contributed by atoms with E-state index in [0.29, 0.717) is 6.04 Å². The van der Waals surface area contributed by atoms with Gasteiger partial charge in [0.15, 0.2) is 0 Å². The van der Waals surface area contributed by atoms with E-state index < -0.39 is 0 Å². The van der Waals surface area contributed by atoms with E-state index in [-0.39, 0.29) is 0 Å². The van der Waals surface area contributed by atoms with Crippen LogP contribution in [-0.2, 0) is 19.4 Å². The lowest BCUT2D eigenvalue weighted by molar-refractivity contribution is 0.530. The number of pyridine rings is 2. The maximum Gasteiger partial charge on any atom is 0.133 e. The van der Waals surface area contributed by atoms with Crippen molar-refractivity contribution in [1.29, 1.82) is 0 Å². The second-order valence-electron chi connectivity index (χ2n) is 7.90. The van der Waals surface area contributed by atoms with Gasteiger partial charge in [-0.3, -0.25) is 0 Å². The highest BCUT2D eigenvalue weighted by atomic mass is 15.3. The third-order valence-corrected chi connectivity index (χ3v) is 6.05. The molecule has 2 aromatic heterocycles. The van der Waals surface area contributed by atoms with Crippen LogP contribution >= 0.6 is 0 Å². The molecule has 0 atom stereocenters. The number of rotatable bonds is 5. The van der Waals surface area contributed by atoms with Crippen LogP contribution < -0.4 is 15.1 Å². The minimum Gasteiger partial charge on any atom is -0.353 e. The first-order valence-electron chi connectivity index (χ1n) is 10.5. The van der Waals surface area contributed by atoms with Crippen LogP contribution in [0.4, 0.5) is 11.6 Å². The molecular formula is C24H27N5. The molecule has 5 nitrogen and oxygen atoms in total. The number of hydrogen-bond donors (Lipinski definition) is 1. The van der Waals surface area contributed by atoms with E-state index in [1.165, 1.54) is 16.7 Å². The summed E-state index contributed by atoms with van der Waals surface area (Å²) in [5.74, 6) is 2.19. The zero-order valence-corrected chi connectivity index (χ0v) is 16.7. The molecule has 5 heteroatoms. The normalized spacial score (nSPS) is 16.8. The smallest absolute Gasteiger partial charge is 0.133 e. The molecular weight excluding hydrogens is 358 g/mol. The Balaban J connectivity index is 1.21. The van der Waals surface area contributed by atoms with E-state index in [4.69, 9.17) is 4.98 Å². The van der Waals surface area contributed by atoms with E-state index in [0.717, 1.165) is 57.2 Å². The zero-order valence-electron chi connectivity index (χ0n) is 16.7. The Kier molecular flexibility index (Phi) is 5.13. The van der Waals surface area contributed by atoms with Gasteiger partial charge < -0.3 is 15.1 Å². The first kappa shape index (κ1) is 18.1. The van der Waals surface area contributed by atoms with E-state index in [9.17, 15) is 0 Å². The molecule has 0 amide bonds. The molecule has 0 bridgehead atoms. The molecule has 1 fully saturated rings. The summed E-state index contributed by atoms with van der Waals surface area (Å²) in [7, 11) is 0. The van der Waals surface area contributed by atoms with Crippen molar-refractivity contribution in [3.63, 3.8) is 0 Å². The Bertz CT molecular complexity index is 925. The van der Waals surface area contributed by atoms with Crippen LogP contribution in [0, 0.1) is 0 Å². The van der Waals surface area contributed by atoms with Gasteiger partial charge in [0.05, 0.1) is 0 Å². The quantitative estimate of drug-likeness (QED) is 0.731. The van der Waals surface area contributed by atoms with Crippen LogP contribution in [0.2, 0.25) is 0 Å². The van der Waals surface area contributed by atoms with Crippen molar-refractivity contribution in [3.05, 3.63) is 83.7 Å². The highest BCUT2D eigenvalue weighted by molar-refractivity contribution is 5.49. The first-order valence-corrected chi connectivity index (χ1v) is 10.5. The Hall–Kier alpha value is -2.92. The molecule has 3 aromatic rings. The van der Waals surface area contributed by atoms with Crippen molar-refractivity contribution in [1.82, 2.24) is 15.3 Å². The molecule has 1 saturated heterocycles. The average Bonchev–Trinajstić information content (AvgIpc) is 3.22. The van der Waals surface area contributed by atoms with Crippen LogP contribution in [0.1, 0.15) is 16.7 Å². The molecule has 0 saturated carbocycles. The molecule has 5 rings (SSSR count). The van der Waals surface area contributed by atoms with Crippen LogP contribution in [0.15, 0.2) is 67.0 Å². The molecule has 3 heterocycles. The van der Waals surface area contributed by atoms with Gasteiger partial charge in [-0.05, 0) is 42.2 Å². The summed E-state index contributed by atoms with van der Waals surface area (Å²) in [6.45, 7) is 4.74. The van der Waals surface area contributed by atoms with Crippen LogP contribution in [0.5, 0.6) is 0 Å². The Morgan fingerprint density at radius 2 is 1.45 bits per heavy atom. The van der Waals surface area contributed by atoms with Gasteiger partial charge in [0.25, 0.3) is 0 Å². The molecule has 1 aliphatic carbocycles. The molecule has 1 aromatic carbocycles. The zero-order chi connectivity index (χ0) is 19.5. The van der Waals surface area contributed by atoms with Crippen molar-refractivity contribution < 1.29 is 0 Å². The van der Waals surface area contributed by atoms with Crippen molar-refractivity contribution in [3.8, 4) is 0 Å². The number of nitrogens with zero attached hydrogens (tertiary/aromatic N) is 4. The van der Waals surface area contributed by atoms with Crippen molar-refractivity contribution in [2.45, 2.75) is 25.4 Å². The van der Waals surface area contributed by atoms with Gasteiger partial charge in [-0.25, -0.2) is 9.97 Å². The SMILES string of the molecule is c1ccc(N2CCN(c3ncccc3CNC3Cc4ccccc4C3)CC2)nc1. The summed E-state index contributed by atoms with van der Waals surface area (Å²) >= 11 is 0. The predicted molar refractivity (Wildman–Crippen MR) is 117 cm³/mol. The van der Waals surface area contributed by atoms with E-state index in [1.807, 2.05) is 24.5 Å². The third kappa shape index (κ3) is 3.96. The molecule has 1 N–H and O–H groups in total. The highest BCUT2D eigenvalue weighted by Crippen LogP contribution is 2.24. The Morgan fingerprint density at radius 3 is 2.17 bits per heavy atom. The summed E-state index contributed by atoms with van der Waals surface area (Å²) < 4.78 is 0. The van der Waals surface area contributed by atoms with Crippen molar-refractivity contribution in [2.75, 3.05) is 36.0 Å².